The summed E-state index contributed by atoms with van der Waals surface area (Å²) < 4.78 is 10.1. The number of aromatic carboxylic acids is 2. The van der Waals surface area contributed by atoms with Gasteiger partial charge in [-0.05, 0) is 0 Å². The van der Waals surface area contributed by atoms with Crippen LogP contribution < -0.4 is 10.2 Å². The second kappa shape index (κ2) is 29.3. The van der Waals surface area contributed by atoms with Gasteiger partial charge in [-0.1, -0.05) is 46.4 Å². The zero-order chi connectivity index (χ0) is 32.5. The Bertz CT molecular complexity index is 765. The van der Waals surface area contributed by atoms with Crippen molar-refractivity contribution in [3.05, 3.63) is 31.2 Å². The molecule has 0 N–H and O–H groups in total. The number of rotatable bonds is 20. The second-order valence-electron chi connectivity index (χ2n) is 10.7. The monoisotopic (exact) mass is 882 g/mol. The van der Waals surface area contributed by atoms with Crippen molar-refractivity contribution in [3.63, 3.8) is 0 Å². The molecule has 0 saturated heterocycles. The van der Waals surface area contributed by atoms with E-state index in [2.05, 4.69) is 41.5 Å². The predicted octanol–water partition coefficient (Wildman–Crippen LogP) is 10.8. The van der Waals surface area contributed by atoms with Gasteiger partial charge < -0.3 is 19.8 Å². The number of carbonyl (C=O) groups is 2. The summed E-state index contributed by atoms with van der Waals surface area (Å²) in [7, 11) is 0. The van der Waals surface area contributed by atoms with Crippen LogP contribution in [0, 0.1) is 0 Å². The third-order valence-corrected chi connectivity index (χ3v) is 26.9. The number of carbonyl (C=O) groups excluding carboxylic acids is 2. The quantitative estimate of drug-likeness (QED) is 0.0742. The number of carboxylic acid groups (broad SMARTS) is 2. The maximum Gasteiger partial charge on any atom is 0.0800 e. The summed E-state index contributed by atoms with van der Waals surface area (Å²) in [6, 6.07) is 0. The van der Waals surface area contributed by atoms with Gasteiger partial charge in [-0.3, -0.25) is 0 Å². The standard InChI is InChI=1S/C8H2Cl4O4.6C4H9.2Sn/c9-3-1(7(13)14)2(8(15)16)4(10)6(12)5(3)11;6*1-3-4-2;;/h(H,13,14)(H,15,16);6*1,3-4H2,2H3;;/q;;;;;;;2*+1/p-2. The first kappa shape index (κ1) is 45.0. The summed E-state index contributed by atoms with van der Waals surface area (Å²) in [6.45, 7) is 14.0. The minimum absolute atomic E-state index is 0.363. The van der Waals surface area contributed by atoms with Gasteiger partial charge in [-0.25, -0.2) is 0 Å². The molecule has 4 nitrogen and oxygen atoms in total. The van der Waals surface area contributed by atoms with E-state index in [1.54, 1.807) is 26.6 Å². The van der Waals surface area contributed by atoms with E-state index < -0.39 is 72.6 Å². The molecule has 242 valence electrons. The Morgan fingerprint density at radius 3 is 0.786 bits per heavy atom. The molecule has 1 aromatic carbocycles. The summed E-state index contributed by atoms with van der Waals surface area (Å²) in [6.07, 6.45) is 17.7. The van der Waals surface area contributed by atoms with Gasteiger partial charge in [0.25, 0.3) is 0 Å². The zero-order valence-corrected chi connectivity index (χ0v) is 35.6. The number of benzene rings is 1. The number of halogens is 4. The number of carboxylic acids is 2. The van der Waals surface area contributed by atoms with Crippen molar-refractivity contribution in [3.8, 4) is 0 Å². The van der Waals surface area contributed by atoms with Crippen LogP contribution >= 0.6 is 46.4 Å². The van der Waals surface area contributed by atoms with E-state index in [9.17, 15) is 19.8 Å². The SMILES string of the molecule is CCC[CH2][Sn+]([CH2]CCC)[CH2]CCC.CCC[CH2][Sn+]([CH2]CCC)[CH2]CCC.O=C([O-])c1c(Cl)c(Cl)c(Cl)c(Cl)c1C(=O)[O-]. The summed E-state index contributed by atoms with van der Waals surface area (Å²) in [5.41, 5.74) is -1.72. The second-order valence-corrected chi connectivity index (χ2v) is 29.3. The van der Waals surface area contributed by atoms with Crippen molar-refractivity contribution in [1.29, 1.82) is 0 Å². The average Bonchev–Trinajstić information content (AvgIpc) is 2.97. The van der Waals surface area contributed by atoms with E-state index >= 15 is 0 Å². The molecule has 0 spiro atoms. The molecule has 0 aliphatic carbocycles. The molecule has 42 heavy (non-hydrogen) atoms. The zero-order valence-electron chi connectivity index (χ0n) is 26.9. The molecule has 0 radical (unpaired) electrons. The molecule has 0 aliphatic heterocycles. The molecule has 0 unspecified atom stereocenters. The smallest absolute Gasteiger partial charge is 0.0800 e. The van der Waals surface area contributed by atoms with E-state index in [1.165, 1.54) is 77.0 Å². The molecule has 1 rings (SSSR count). The number of unbranched alkanes of at least 4 members (excludes halogenated alkanes) is 6. The topological polar surface area (TPSA) is 80.3 Å². The molecular formula is C32H54Cl4O4Sn2. The van der Waals surface area contributed by atoms with Crippen LogP contribution in [0.1, 0.15) is 139 Å². The van der Waals surface area contributed by atoms with Crippen LogP contribution in [0.5, 0.6) is 0 Å². The fourth-order valence-electron chi connectivity index (χ4n) is 4.33. The molecule has 0 fully saturated rings. The molecule has 0 aromatic heterocycles. The van der Waals surface area contributed by atoms with Crippen molar-refractivity contribution in [2.75, 3.05) is 0 Å². The van der Waals surface area contributed by atoms with Gasteiger partial charge in [0.2, 0.25) is 0 Å². The van der Waals surface area contributed by atoms with Gasteiger partial charge in [0.05, 0.1) is 32.0 Å². The van der Waals surface area contributed by atoms with E-state index in [-0.39, 0.29) is 10.0 Å². The van der Waals surface area contributed by atoms with Gasteiger partial charge in [-0.2, -0.15) is 0 Å². The van der Waals surface area contributed by atoms with Crippen molar-refractivity contribution in [1.82, 2.24) is 0 Å². The van der Waals surface area contributed by atoms with Crippen LogP contribution in [0.25, 0.3) is 0 Å². The van der Waals surface area contributed by atoms with Crippen LogP contribution in [0.15, 0.2) is 0 Å². The van der Waals surface area contributed by atoms with Crippen LogP contribution in [-0.4, -0.2) is 51.5 Å². The van der Waals surface area contributed by atoms with E-state index in [4.69, 9.17) is 46.4 Å². The maximum absolute atomic E-state index is 10.7. The Kier molecular flexibility index (Phi) is 31.5. The van der Waals surface area contributed by atoms with Crippen LogP contribution in [-0.2, 0) is 0 Å². The van der Waals surface area contributed by atoms with Gasteiger partial charge in [0.1, 0.15) is 0 Å². The largest absolute Gasteiger partial charge is 0.545 e. The Morgan fingerprint density at radius 1 is 0.452 bits per heavy atom. The normalized spacial score (nSPS) is 10.3. The van der Waals surface area contributed by atoms with Crippen molar-refractivity contribution in [2.24, 2.45) is 0 Å². The fourth-order valence-corrected chi connectivity index (χ4v) is 24.2. The Labute approximate surface area is 291 Å². The van der Waals surface area contributed by atoms with Gasteiger partial charge in [-0.15, -0.1) is 0 Å². The molecular weight excluding hydrogens is 828 g/mol. The maximum atomic E-state index is 10.7. The van der Waals surface area contributed by atoms with Gasteiger partial charge >= 0.3 is 185 Å². The Morgan fingerprint density at radius 2 is 0.643 bits per heavy atom. The summed E-state index contributed by atoms with van der Waals surface area (Å²) >= 11 is 20.5. The van der Waals surface area contributed by atoms with Crippen molar-refractivity contribution < 1.29 is 19.8 Å². The third-order valence-electron chi connectivity index (χ3n) is 6.98. The van der Waals surface area contributed by atoms with Gasteiger partial charge in [0.15, 0.2) is 0 Å². The Hall–Kier alpha value is 0.917. The minimum Gasteiger partial charge on any atom is -0.545 e. The van der Waals surface area contributed by atoms with Crippen molar-refractivity contribution >= 4 is 97.9 Å². The van der Waals surface area contributed by atoms with Crippen LogP contribution in [0.3, 0.4) is 0 Å². The first-order chi connectivity index (χ1) is 20.0. The molecule has 0 atom stereocenters. The summed E-state index contributed by atoms with van der Waals surface area (Å²) in [4.78, 5) is 21.4. The first-order valence-electron chi connectivity index (χ1n) is 15.9. The minimum atomic E-state index is -1.84. The van der Waals surface area contributed by atoms with Crippen LogP contribution in [0.2, 0.25) is 46.7 Å². The van der Waals surface area contributed by atoms with E-state index in [0.717, 1.165) is 0 Å². The van der Waals surface area contributed by atoms with Gasteiger partial charge in [0, 0.05) is 11.1 Å². The van der Waals surface area contributed by atoms with E-state index in [1.807, 2.05) is 0 Å². The fraction of sp³-hybridized carbons (Fsp3) is 0.750. The van der Waals surface area contributed by atoms with Crippen LogP contribution in [0.4, 0.5) is 0 Å². The number of hydrogen-bond donors (Lipinski definition) is 0. The molecule has 0 aliphatic rings. The van der Waals surface area contributed by atoms with Crippen molar-refractivity contribution in [2.45, 2.75) is 145 Å². The third kappa shape index (κ3) is 20.1. The molecule has 0 saturated carbocycles. The predicted molar refractivity (Wildman–Crippen MR) is 185 cm³/mol. The molecule has 0 bridgehead atoms. The van der Waals surface area contributed by atoms with E-state index in [0.29, 0.717) is 0 Å². The first-order valence-corrected chi connectivity index (χ1v) is 29.6. The Balaban J connectivity index is 0. The number of hydrogen-bond acceptors (Lipinski definition) is 4. The molecule has 0 amide bonds. The molecule has 1 aromatic rings. The summed E-state index contributed by atoms with van der Waals surface area (Å²) in [5.74, 6) is -3.69. The average molecular weight is 882 g/mol. The summed E-state index contributed by atoms with van der Waals surface area (Å²) in [5, 5.41) is 19.6. The molecule has 0 heterocycles. The molecule has 10 heteroatoms.